The Labute approximate surface area is 185 Å². The van der Waals surface area contributed by atoms with E-state index in [4.69, 9.17) is 4.74 Å². The number of ether oxygens (including phenoxy) is 1. The third-order valence-corrected chi connectivity index (χ3v) is 6.10. The molecule has 0 aliphatic heterocycles. The SMILES string of the molecule is CCCCCCCC(=O)N(C)Cc1cc(-c2ccc(CCC(=O)OCC)cc2)cs1. The number of aryl methyl sites for hydroxylation is 1. The number of amides is 1. The zero-order chi connectivity index (χ0) is 21.8. The van der Waals surface area contributed by atoms with E-state index in [1.165, 1.54) is 29.7 Å². The van der Waals surface area contributed by atoms with Gasteiger partial charge in [-0.15, -0.1) is 11.3 Å². The molecule has 0 spiro atoms. The maximum atomic E-state index is 12.3. The lowest BCUT2D eigenvalue weighted by Gasteiger charge is -2.16. The Bertz CT molecular complexity index is 782. The zero-order valence-electron chi connectivity index (χ0n) is 18.6. The maximum Gasteiger partial charge on any atom is 0.306 e. The van der Waals surface area contributed by atoms with Crippen molar-refractivity contribution in [2.45, 2.75) is 71.8 Å². The largest absolute Gasteiger partial charge is 0.466 e. The van der Waals surface area contributed by atoms with Crippen molar-refractivity contribution in [1.82, 2.24) is 4.90 Å². The first kappa shape index (κ1) is 24.1. The van der Waals surface area contributed by atoms with E-state index in [9.17, 15) is 9.59 Å². The first-order valence-electron chi connectivity index (χ1n) is 11.1. The van der Waals surface area contributed by atoms with Crippen LogP contribution in [0.3, 0.4) is 0 Å². The summed E-state index contributed by atoms with van der Waals surface area (Å²) >= 11 is 1.69. The molecule has 30 heavy (non-hydrogen) atoms. The van der Waals surface area contributed by atoms with Crippen LogP contribution >= 0.6 is 11.3 Å². The number of unbranched alkanes of at least 4 members (excludes halogenated alkanes) is 4. The van der Waals surface area contributed by atoms with Gasteiger partial charge >= 0.3 is 5.97 Å². The van der Waals surface area contributed by atoms with Gasteiger partial charge in [0.15, 0.2) is 0 Å². The average Bonchev–Trinajstić information content (AvgIpc) is 3.21. The van der Waals surface area contributed by atoms with Gasteiger partial charge in [0, 0.05) is 24.8 Å². The molecule has 2 aromatic rings. The van der Waals surface area contributed by atoms with Crippen LogP contribution in [0.5, 0.6) is 0 Å². The second kappa shape index (κ2) is 13.2. The molecule has 0 aliphatic carbocycles. The third-order valence-electron chi connectivity index (χ3n) is 5.18. The Morgan fingerprint density at radius 3 is 2.40 bits per heavy atom. The topological polar surface area (TPSA) is 46.6 Å². The van der Waals surface area contributed by atoms with Crippen molar-refractivity contribution in [2.75, 3.05) is 13.7 Å². The van der Waals surface area contributed by atoms with Gasteiger partial charge in [0.05, 0.1) is 13.2 Å². The van der Waals surface area contributed by atoms with Crippen LogP contribution in [0.2, 0.25) is 0 Å². The molecule has 0 fully saturated rings. The number of carbonyl (C=O) groups excluding carboxylic acids is 2. The Hall–Kier alpha value is -2.14. The Balaban J connectivity index is 1.82. The highest BCUT2D eigenvalue weighted by atomic mass is 32.1. The van der Waals surface area contributed by atoms with Crippen molar-refractivity contribution in [1.29, 1.82) is 0 Å². The summed E-state index contributed by atoms with van der Waals surface area (Å²) in [4.78, 5) is 26.9. The number of hydrogen-bond donors (Lipinski definition) is 0. The van der Waals surface area contributed by atoms with Gasteiger partial charge in [-0.3, -0.25) is 9.59 Å². The second-order valence-corrected chi connectivity index (χ2v) is 8.71. The predicted octanol–water partition coefficient (Wildman–Crippen LogP) is 6.23. The van der Waals surface area contributed by atoms with E-state index in [-0.39, 0.29) is 11.9 Å². The molecule has 1 heterocycles. The lowest BCUT2D eigenvalue weighted by molar-refractivity contribution is -0.143. The van der Waals surface area contributed by atoms with Gasteiger partial charge in [0.1, 0.15) is 0 Å². The molecule has 4 nitrogen and oxygen atoms in total. The number of hydrogen-bond acceptors (Lipinski definition) is 4. The van der Waals surface area contributed by atoms with Crippen molar-refractivity contribution >= 4 is 23.2 Å². The van der Waals surface area contributed by atoms with Crippen LogP contribution in [0.4, 0.5) is 0 Å². The maximum absolute atomic E-state index is 12.3. The van der Waals surface area contributed by atoms with Crippen LogP contribution in [0.25, 0.3) is 11.1 Å². The molecule has 0 aliphatic rings. The molecular formula is C25H35NO3S. The molecule has 0 radical (unpaired) electrons. The molecule has 1 aromatic heterocycles. The quantitative estimate of drug-likeness (QED) is 0.280. The highest BCUT2D eigenvalue weighted by Gasteiger charge is 2.11. The molecule has 1 amide bonds. The van der Waals surface area contributed by atoms with Crippen LogP contribution in [-0.4, -0.2) is 30.4 Å². The van der Waals surface area contributed by atoms with Gasteiger partial charge in [-0.05, 0) is 47.9 Å². The van der Waals surface area contributed by atoms with E-state index >= 15 is 0 Å². The summed E-state index contributed by atoms with van der Waals surface area (Å²) in [5.41, 5.74) is 3.46. The second-order valence-electron chi connectivity index (χ2n) is 7.72. The number of carbonyl (C=O) groups is 2. The van der Waals surface area contributed by atoms with Gasteiger partial charge in [0.2, 0.25) is 5.91 Å². The molecule has 0 atom stereocenters. The molecule has 0 N–H and O–H groups in total. The van der Waals surface area contributed by atoms with E-state index in [1.807, 2.05) is 18.9 Å². The molecule has 0 saturated heterocycles. The van der Waals surface area contributed by atoms with Gasteiger partial charge in [-0.25, -0.2) is 0 Å². The van der Waals surface area contributed by atoms with Crippen molar-refractivity contribution in [3.8, 4) is 11.1 Å². The van der Waals surface area contributed by atoms with E-state index < -0.39 is 0 Å². The molecular weight excluding hydrogens is 394 g/mol. The fourth-order valence-corrected chi connectivity index (χ4v) is 4.30. The van der Waals surface area contributed by atoms with Gasteiger partial charge in [-0.1, -0.05) is 56.9 Å². The highest BCUT2D eigenvalue weighted by molar-refractivity contribution is 7.10. The first-order valence-corrected chi connectivity index (χ1v) is 12.0. The van der Waals surface area contributed by atoms with E-state index in [1.54, 1.807) is 11.3 Å². The molecule has 1 aromatic carbocycles. The number of nitrogens with zero attached hydrogens (tertiary/aromatic N) is 1. The van der Waals surface area contributed by atoms with Crippen molar-refractivity contribution in [2.24, 2.45) is 0 Å². The van der Waals surface area contributed by atoms with Crippen LogP contribution in [-0.2, 0) is 27.3 Å². The minimum Gasteiger partial charge on any atom is -0.466 e. The number of esters is 1. The molecule has 164 valence electrons. The molecule has 5 heteroatoms. The summed E-state index contributed by atoms with van der Waals surface area (Å²) in [6, 6.07) is 10.5. The summed E-state index contributed by atoms with van der Waals surface area (Å²) in [5.74, 6) is 0.0797. The minimum atomic E-state index is -0.149. The van der Waals surface area contributed by atoms with E-state index in [0.29, 0.717) is 32.4 Å². The summed E-state index contributed by atoms with van der Waals surface area (Å²) in [6.45, 7) is 5.12. The normalized spacial score (nSPS) is 10.8. The third kappa shape index (κ3) is 8.31. The van der Waals surface area contributed by atoms with Gasteiger partial charge < -0.3 is 9.64 Å². The van der Waals surface area contributed by atoms with Crippen LogP contribution in [0.1, 0.15) is 69.2 Å². The fourth-order valence-electron chi connectivity index (χ4n) is 3.35. The van der Waals surface area contributed by atoms with E-state index in [2.05, 4.69) is 42.6 Å². The molecule has 0 saturated carbocycles. The Morgan fingerprint density at radius 1 is 0.967 bits per heavy atom. The van der Waals surface area contributed by atoms with Crippen LogP contribution < -0.4 is 0 Å². The zero-order valence-corrected chi connectivity index (χ0v) is 19.4. The van der Waals surface area contributed by atoms with E-state index in [0.717, 1.165) is 24.0 Å². The minimum absolute atomic E-state index is 0.149. The number of benzene rings is 1. The average molecular weight is 430 g/mol. The van der Waals surface area contributed by atoms with Gasteiger partial charge in [0.25, 0.3) is 0 Å². The summed E-state index contributed by atoms with van der Waals surface area (Å²) in [7, 11) is 1.89. The van der Waals surface area contributed by atoms with Crippen molar-refractivity contribution < 1.29 is 14.3 Å². The van der Waals surface area contributed by atoms with Crippen molar-refractivity contribution in [3.63, 3.8) is 0 Å². The first-order chi connectivity index (χ1) is 14.5. The summed E-state index contributed by atoms with van der Waals surface area (Å²) in [6.07, 6.45) is 7.59. The van der Waals surface area contributed by atoms with Crippen LogP contribution in [0, 0.1) is 0 Å². The monoisotopic (exact) mass is 429 g/mol. The van der Waals surface area contributed by atoms with Crippen LogP contribution in [0.15, 0.2) is 35.7 Å². The lowest BCUT2D eigenvalue weighted by Crippen LogP contribution is -2.25. The standard InChI is InChI=1S/C25H35NO3S/c1-4-6-7-8-9-10-24(27)26(3)18-23-17-22(19-30-23)21-14-11-20(12-15-21)13-16-25(28)29-5-2/h11-12,14-15,17,19H,4-10,13,16,18H2,1-3H3. The highest BCUT2D eigenvalue weighted by Crippen LogP contribution is 2.27. The molecule has 0 unspecified atom stereocenters. The smallest absolute Gasteiger partial charge is 0.306 e. The Morgan fingerprint density at radius 2 is 1.70 bits per heavy atom. The lowest BCUT2D eigenvalue weighted by atomic mass is 10.0. The molecule has 0 bridgehead atoms. The van der Waals surface area contributed by atoms with Gasteiger partial charge in [-0.2, -0.15) is 0 Å². The molecule has 2 rings (SSSR count). The Kier molecular flexibility index (Phi) is 10.6. The fraction of sp³-hybridized carbons (Fsp3) is 0.520. The summed E-state index contributed by atoms with van der Waals surface area (Å²) < 4.78 is 4.98. The number of rotatable bonds is 13. The predicted molar refractivity (Wildman–Crippen MR) is 125 cm³/mol. The number of thiophene rings is 1. The summed E-state index contributed by atoms with van der Waals surface area (Å²) in [5, 5.41) is 2.14. The van der Waals surface area contributed by atoms with Crippen molar-refractivity contribution in [3.05, 3.63) is 46.2 Å².